The van der Waals surface area contributed by atoms with Crippen LogP contribution in [-0.2, 0) is 19.0 Å². The first-order chi connectivity index (χ1) is 8.47. The van der Waals surface area contributed by atoms with Gasteiger partial charge in [0.25, 0.3) is 0 Å². The highest BCUT2D eigenvalue weighted by molar-refractivity contribution is 9.09. The normalized spacial score (nSPS) is 35.8. The van der Waals surface area contributed by atoms with Gasteiger partial charge in [0.05, 0.1) is 12.2 Å². The molecule has 1 heterocycles. The van der Waals surface area contributed by atoms with Crippen molar-refractivity contribution in [3.05, 3.63) is 0 Å². The lowest BCUT2D eigenvalue weighted by molar-refractivity contribution is -0.172. The Kier molecular flexibility index (Phi) is 6.13. The monoisotopic (exact) mass is 318 g/mol. The minimum absolute atomic E-state index is 0.0141. The van der Waals surface area contributed by atoms with E-state index in [9.17, 15) is 4.79 Å². The molecule has 0 saturated carbocycles. The fourth-order valence-corrected chi connectivity index (χ4v) is 2.67. The van der Waals surface area contributed by atoms with Gasteiger partial charge in [0.2, 0.25) is 0 Å². The zero-order chi connectivity index (χ0) is 13.7. The molecule has 0 N–H and O–H groups in total. The molecule has 1 fully saturated rings. The third-order valence-corrected chi connectivity index (χ3v) is 4.20. The van der Waals surface area contributed by atoms with Crippen LogP contribution in [0.1, 0.15) is 20.8 Å². The van der Waals surface area contributed by atoms with Gasteiger partial charge in [-0.15, -0.1) is 6.42 Å². The maximum atomic E-state index is 10.8. The van der Waals surface area contributed by atoms with Crippen LogP contribution in [0.5, 0.6) is 0 Å². The molecule has 4 nitrogen and oxygen atoms in total. The molecule has 0 aromatic rings. The SMILES string of the molecule is C#CCO[C@@H]1C(C)[C@@H](Br)OC(COC(C)=O)[C@@H]1C. The van der Waals surface area contributed by atoms with Gasteiger partial charge in [-0.1, -0.05) is 35.7 Å². The van der Waals surface area contributed by atoms with Crippen LogP contribution < -0.4 is 0 Å². The highest BCUT2D eigenvalue weighted by atomic mass is 79.9. The summed E-state index contributed by atoms with van der Waals surface area (Å²) < 4.78 is 16.5. The molecule has 0 aromatic heterocycles. The molecule has 1 aliphatic heterocycles. The van der Waals surface area contributed by atoms with E-state index in [4.69, 9.17) is 20.6 Å². The lowest BCUT2D eigenvalue weighted by Crippen LogP contribution is -2.49. The van der Waals surface area contributed by atoms with Crippen molar-refractivity contribution in [1.29, 1.82) is 0 Å². The quantitative estimate of drug-likeness (QED) is 0.451. The predicted molar refractivity (Wildman–Crippen MR) is 71.1 cm³/mol. The molecule has 18 heavy (non-hydrogen) atoms. The number of rotatable bonds is 4. The summed E-state index contributed by atoms with van der Waals surface area (Å²) in [4.78, 5) is 10.8. The summed E-state index contributed by atoms with van der Waals surface area (Å²) in [7, 11) is 0. The van der Waals surface area contributed by atoms with Crippen LogP contribution in [0.2, 0.25) is 0 Å². The van der Waals surface area contributed by atoms with Crippen LogP contribution in [0.25, 0.3) is 0 Å². The van der Waals surface area contributed by atoms with E-state index in [0.717, 1.165) is 0 Å². The second kappa shape index (κ2) is 7.13. The Hall–Kier alpha value is -0.570. The Labute approximate surface area is 116 Å². The number of ether oxygens (including phenoxy) is 3. The average Bonchev–Trinajstić information content (AvgIpc) is 2.32. The number of carbonyl (C=O) groups excluding carboxylic acids is 1. The second-order valence-electron chi connectivity index (χ2n) is 4.53. The number of terminal acetylenes is 1. The summed E-state index contributed by atoms with van der Waals surface area (Å²) in [6.45, 7) is 5.96. The van der Waals surface area contributed by atoms with E-state index >= 15 is 0 Å². The Morgan fingerprint density at radius 1 is 1.44 bits per heavy atom. The molecule has 1 aliphatic rings. The van der Waals surface area contributed by atoms with Crippen molar-refractivity contribution in [2.45, 2.75) is 38.0 Å². The average molecular weight is 319 g/mol. The number of esters is 1. The Bertz CT molecular complexity index is 325. The molecule has 2 unspecified atom stereocenters. The molecule has 5 atom stereocenters. The van der Waals surface area contributed by atoms with Crippen LogP contribution in [0.3, 0.4) is 0 Å². The van der Waals surface area contributed by atoms with Crippen molar-refractivity contribution >= 4 is 21.9 Å². The Morgan fingerprint density at radius 3 is 2.67 bits per heavy atom. The smallest absolute Gasteiger partial charge is 0.302 e. The molecule has 0 amide bonds. The maximum absolute atomic E-state index is 10.8. The van der Waals surface area contributed by atoms with Gasteiger partial charge >= 0.3 is 5.97 Å². The summed E-state index contributed by atoms with van der Waals surface area (Å²) in [6.07, 6.45) is 5.02. The van der Waals surface area contributed by atoms with Gasteiger partial charge in [0.15, 0.2) is 0 Å². The zero-order valence-electron chi connectivity index (χ0n) is 10.9. The first-order valence-electron chi connectivity index (χ1n) is 5.95. The molecule has 5 heteroatoms. The van der Waals surface area contributed by atoms with E-state index in [0.29, 0.717) is 0 Å². The third kappa shape index (κ3) is 3.98. The van der Waals surface area contributed by atoms with Crippen LogP contribution in [0, 0.1) is 24.2 Å². The van der Waals surface area contributed by atoms with Crippen molar-refractivity contribution in [3.63, 3.8) is 0 Å². The maximum Gasteiger partial charge on any atom is 0.302 e. The third-order valence-electron chi connectivity index (χ3n) is 3.15. The lowest BCUT2D eigenvalue weighted by atomic mass is 9.87. The topological polar surface area (TPSA) is 44.8 Å². The van der Waals surface area contributed by atoms with Crippen LogP contribution in [0.4, 0.5) is 0 Å². The van der Waals surface area contributed by atoms with E-state index in [2.05, 4.69) is 21.9 Å². The molecular formula is C13H19BrO4. The van der Waals surface area contributed by atoms with Crippen molar-refractivity contribution in [1.82, 2.24) is 0 Å². The fourth-order valence-electron chi connectivity index (χ4n) is 2.09. The van der Waals surface area contributed by atoms with E-state index < -0.39 is 0 Å². The van der Waals surface area contributed by atoms with Gasteiger partial charge < -0.3 is 14.2 Å². The first-order valence-corrected chi connectivity index (χ1v) is 6.87. The van der Waals surface area contributed by atoms with E-state index in [-0.39, 0.29) is 48.2 Å². The summed E-state index contributed by atoms with van der Waals surface area (Å²) in [5.74, 6) is 2.46. The molecule has 1 saturated heterocycles. The van der Waals surface area contributed by atoms with Gasteiger partial charge in [0.1, 0.15) is 18.2 Å². The van der Waals surface area contributed by atoms with E-state index in [1.165, 1.54) is 6.92 Å². The molecular weight excluding hydrogens is 300 g/mol. The summed E-state index contributed by atoms with van der Waals surface area (Å²) in [5.41, 5.74) is 0. The minimum atomic E-state index is -0.309. The molecule has 0 spiro atoms. The highest BCUT2D eigenvalue weighted by Gasteiger charge is 2.41. The van der Waals surface area contributed by atoms with Crippen molar-refractivity contribution in [3.8, 4) is 12.3 Å². The standard InChI is InChI=1S/C13H19BrO4/c1-5-6-16-12-8(2)11(7-17-10(4)15)18-13(14)9(12)3/h1,8-9,11-13H,6-7H2,2-4H3/t8-,9?,11?,12-,13-/m0/s1. The van der Waals surface area contributed by atoms with Gasteiger partial charge in [-0.2, -0.15) is 0 Å². The minimum Gasteiger partial charge on any atom is -0.463 e. The molecule has 0 bridgehead atoms. The number of hydrogen-bond donors (Lipinski definition) is 0. The van der Waals surface area contributed by atoms with E-state index in [1.54, 1.807) is 0 Å². The van der Waals surface area contributed by atoms with Crippen molar-refractivity contribution in [2.24, 2.45) is 11.8 Å². The zero-order valence-corrected chi connectivity index (χ0v) is 12.5. The summed E-state index contributed by atoms with van der Waals surface area (Å²) in [6, 6.07) is 0. The number of alkyl halides is 1. The highest BCUT2D eigenvalue weighted by Crippen LogP contribution is 2.35. The van der Waals surface area contributed by atoms with Crippen LogP contribution in [-0.4, -0.2) is 36.4 Å². The van der Waals surface area contributed by atoms with Gasteiger partial charge in [-0.05, 0) is 0 Å². The number of halogens is 1. The molecule has 1 rings (SSSR count). The first kappa shape index (κ1) is 15.5. The number of carbonyl (C=O) groups is 1. The van der Waals surface area contributed by atoms with Crippen LogP contribution >= 0.6 is 15.9 Å². The van der Waals surface area contributed by atoms with Gasteiger partial charge in [-0.3, -0.25) is 4.79 Å². The molecule has 102 valence electrons. The second-order valence-corrected chi connectivity index (χ2v) is 5.43. The van der Waals surface area contributed by atoms with E-state index in [1.807, 2.05) is 13.8 Å². The summed E-state index contributed by atoms with van der Waals surface area (Å²) >= 11 is 3.47. The molecule has 0 radical (unpaired) electrons. The fraction of sp³-hybridized carbons (Fsp3) is 0.769. The summed E-state index contributed by atoms with van der Waals surface area (Å²) in [5, 5.41) is -0.128. The molecule has 0 aliphatic carbocycles. The Balaban J connectivity index is 2.65. The predicted octanol–water partition coefficient (Wildman–Crippen LogP) is 1.96. The lowest BCUT2D eigenvalue weighted by Gasteiger charge is -2.42. The number of hydrogen-bond acceptors (Lipinski definition) is 4. The van der Waals surface area contributed by atoms with Gasteiger partial charge in [0, 0.05) is 18.8 Å². The molecule has 0 aromatic carbocycles. The van der Waals surface area contributed by atoms with Crippen molar-refractivity contribution in [2.75, 3.05) is 13.2 Å². The van der Waals surface area contributed by atoms with Crippen LogP contribution in [0.15, 0.2) is 0 Å². The largest absolute Gasteiger partial charge is 0.463 e. The van der Waals surface area contributed by atoms with Crippen molar-refractivity contribution < 1.29 is 19.0 Å². The Morgan fingerprint density at radius 2 is 2.11 bits per heavy atom. The van der Waals surface area contributed by atoms with Gasteiger partial charge in [-0.25, -0.2) is 0 Å².